The largest absolute Gasteiger partial charge is 0.368 e. The second kappa shape index (κ2) is 8.47. The summed E-state index contributed by atoms with van der Waals surface area (Å²) in [5.74, 6) is 0.992. The van der Waals surface area contributed by atoms with Gasteiger partial charge in [0.1, 0.15) is 5.82 Å². The molecule has 1 saturated heterocycles. The summed E-state index contributed by atoms with van der Waals surface area (Å²) < 4.78 is 13.6. The van der Waals surface area contributed by atoms with Gasteiger partial charge in [-0.2, -0.15) is 0 Å². The first-order valence-electron chi connectivity index (χ1n) is 9.86. The van der Waals surface area contributed by atoms with Crippen LogP contribution in [0.4, 0.5) is 10.3 Å². The van der Waals surface area contributed by atoms with Gasteiger partial charge >= 0.3 is 0 Å². The molecule has 30 heavy (non-hydrogen) atoms. The Hall–Kier alpha value is -2.87. The Balaban J connectivity index is 1.36. The number of amides is 1. The minimum Gasteiger partial charge on any atom is -0.368 e. The lowest BCUT2D eigenvalue weighted by Crippen LogP contribution is -2.36. The van der Waals surface area contributed by atoms with Crippen LogP contribution < -0.4 is 10.6 Å². The second-order valence-electron chi connectivity index (χ2n) is 7.71. The first-order chi connectivity index (χ1) is 14.4. The lowest BCUT2D eigenvalue weighted by molar-refractivity contribution is -0.126. The molecule has 0 radical (unpaired) electrons. The molecule has 1 fully saturated rings. The molecule has 0 bridgehead atoms. The maximum Gasteiger partial charge on any atom is 0.224 e. The number of aromatic nitrogens is 2. The van der Waals surface area contributed by atoms with Crippen LogP contribution in [0, 0.1) is 5.82 Å². The van der Waals surface area contributed by atoms with Crippen LogP contribution in [0.5, 0.6) is 0 Å². The first kappa shape index (κ1) is 20.4. The fraction of sp³-hybridized carbons (Fsp3) is 0.381. The molecular formula is C21H24ClFN6O. The van der Waals surface area contributed by atoms with Crippen LogP contribution in [0.1, 0.15) is 23.2 Å². The molecule has 2 aliphatic heterocycles. The van der Waals surface area contributed by atoms with E-state index in [1.807, 2.05) is 6.20 Å². The zero-order chi connectivity index (χ0) is 21.3. The van der Waals surface area contributed by atoms with Crippen molar-refractivity contribution in [1.29, 1.82) is 0 Å². The van der Waals surface area contributed by atoms with Crippen molar-refractivity contribution < 1.29 is 9.18 Å². The molecule has 0 aliphatic carbocycles. The zero-order valence-electron chi connectivity index (χ0n) is 16.8. The number of anilines is 1. The molecule has 9 heteroatoms. The lowest BCUT2D eigenvalue weighted by Gasteiger charge is -2.31. The number of nitrogens with zero attached hydrogens (tertiary/aromatic N) is 4. The van der Waals surface area contributed by atoms with E-state index in [1.54, 1.807) is 24.1 Å². The van der Waals surface area contributed by atoms with Crippen LogP contribution in [-0.2, 0) is 24.3 Å². The van der Waals surface area contributed by atoms with Gasteiger partial charge in [0.25, 0.3) is 0 Å². The highest BCUT2D eigenvalue weighted by molar-refractivity contribution is 6.30. The van der Waals surface area contributed by atoms with E-state index in [1.165, 1.54) is 6.07 Å². The van der Waals surface area contributed by atoms with Gasteiger partial charge in [0.2, 0.25) is 11.9 Å². The van der Waals surface area contributed by atoms with Gasteiger partial charge in [-0.25, -0.2) is 14.4 Å². The maximum absolute atomic E-state index is 13.6. The predicted molar refractivity (Wildman–Crippen MR) is 113 cm³/mol. The third kappa shape index (κ3) is 4.48. The topological polar surface area (TPSA) is 73.4 Å². The van der Waals surface area contributed by atoms with Gasteiger partial charge in [-0.15, -0.1) is 0 Å². The SMILES string of the molecule is C=C(NCc1ccc(Cl)c(F)c1)N1CCc2cnc(NC3CC(=O)N(C)C3)nc2C1. The summed E-state index contributed by atoms with van der Waals surface area (Å²) in [5, 5.41) is 6.63. The summed E-state index contributed by atoms with van der Waals surface area (Å²) in [6, 6.07) is 4.78. The predicted octanol–water partition coefficient (Wildman–Crippen LogP) is 2.53. The number of rotatable bonds is 6. The van der Waals surface area contributed by atoms with Gasteiger partial charge in [-0.05, 0) is 29.7 Å². The molecule has 158 valence electrons. The van der Waals surface area contributed by atoms with E-state index in [0.717, 1.165) is 35.6 Å². The molecule has 4 rings (SSSR count). The highest BCUT2D eigenvalue weighted by Gasteiger charge is 2.27. The number of halogens is 2. The molecule has 2 aromatic rings. The summed E-state index contributed by atoms with van der Waals surface area (Å²) in [6.45, 7) is 6.63. The Labute approximate surface area is 179 Å². The van der Waals surface area contributed by atoms with Crippen molar-refractivity contribution in [2.24, 2.45) is 0 Å². The van der Waals surface area contributed by atoms with Crippen molar-refractivity contribution in [3.63, 3.8) is 0 Å². The Kier molecular flexibility index (Phi) is 5.76. The molecule has 7 nitrogen and oxygen atoms in total. The van der Waals surface area contributed by atoms with E-state index in [2.05, 4.69) is 32.1 Å². The molecule has 2 N–H and O–H groups in total. The lowest BCUT2D eigenvalue weighted by atomic mass is 10.1. The standard InChI is InChI=1S/C21H24ClFN6O/c1-13(24-9-14-3-4-17(22)18(23)7-14)29-6-5-15-10-25-21(27-19(15)12-29)26-16-8-20(30)28(2)11-16/h3-4,7,10,16,24H,1,5-6,8-9,11-12H2,2H3,(H,25,26,27). The number of hydrogen-bond donors (Lipinski definition) is 2. The molecule has 0 saturated carbocycles. The van der Waals surface area contributed by atoms with Gasteiger partial charge in [0, 0.05) is 39.3 Å². The highest BCUT2D eigenvalue weighted by Crippen LogP contribution is 2.21. The number of carbonyl (C=O) groups excluding carboxylic acids is 1. The van der Waals surface area contributed by atoms with Crippen LogP contribution in [0.15, 0.2) is 36.8 Å². The Bertz CT molecular complexity index is 984. The van der Waals surface area contributed by atoms with Crippen LogP contribution in [0.25, 0.3) is 0 Å². The molecule has 1 aromatic heterocycles. The van der Waals surface area contributed by atoms with Gasteiger partial charge in [-0.3, -0.25) is 4.79 Å². The fourth-order valence-electron chi connectivity index (χ4n) is 3.71. The molecule has 0 spiro atoms. The average molecular weight is 431 g/mol. The van der Waals surface area contributed by atoms with Gasteiger partial charge in [-0.1, -0.05) is 24.2 Å². The van der Waals surface area contributed by atoms with Crippen molar-refractivity contribution in [2.45, 2.75) is 32.0 Å². The summed E-state index contributed by atoms with van der Waals surface area (Å²) in [6.07, 6.45) is 3.13. The number of likely N-dealkylation sites (N-methyl/N-ethyl adjacent to an activating group) is 1. The van der Waals surface area contributed by atoms with Crippen molar-refractivity contribution in [1.82, 2.24) is 25.1 Å². The van der Waals surface area contributed by atoms with Gasteiger partial charge < -0.3 is 20.4 Å². The molecule has 1 atom stereocenters. The van der Waals surface area contributed by atoms with E-state index < -0.39 is 5.82 Å². The number of fused-ring (bicyclic) bond motifs is 1. The van der Waals surface area contributed by atoms with Crippen molar-refractivity contribution in [2.75, 3.05) is 25.5 Å². The summed E-state index contributed by atoms with van der Waals surface area (Å²) >= 11 is 5.74. The quantitative estimate of drug-likeness (QED) is 0.733. The maximum atomic E-state index is 13.6. The van der Waals surface area contributed by atoms with Crippen molar-refractivity contribution >= 4 is 23.5 Å². The van der Waals surface area contributed by atoms with Crippen molar-refractivity contribution in [3.05, 3.63) is 64.5 Å². The smallest absolute Gasteiger partial charge is 0.224 e. The third-order valence-electron chi connectivity index (χ3n) is 5.48. The number of likely N-dealkylation sites (tertiary alicyclic amines) is 1. The van der Waals surface area contributed by atoms with E-state index >= 15 is 0 Å². The van der Waals surface area contributed by atoms with Gasteiger partial charge in [0.05, 0.1) is 29.1 Å². The summed E-state index contributed by atoms with van der Waals surface area (Å²) in [4.78, 5) is 24.6. The third-order valence-corrected chi connectivity index (χ3v) is 5.79. The molecule has 3 heterocycles. The van der Waals surface area contributed by atoms with E-state index in [4.69, 9.17) is 11.6 Å². The molecule has 1 unspecified atom stereocenters. The molecule has 1 aromatic carbocycles. The molecule has 1 amide bonds. The average Bonchev–Trinajstić information content (AvgIpc) is 3.04. The second-order valence-corrected chi connectivity index (χ2v) is 8.11. The van der Waals surface area contributed by atoms with E-state index in [9.17, 15) is 9.18 Å². The Morgan fingerprint density at radius 2 is 2.27 bits per heavy atom. The minimum atomic E-state index is -0.430. The minimum absolute atomic E-state index is 0.0247. The molecular weight excluding hydrogens is 407 g/mol. The summed E-state index contributed by atoms with van der Waals surface area (Å²) in [7, 11) is 1.80. The number of hydrogen-bond acceptors (Lipinski definition) is 6. The fourth-order valence-corrected chi connectivity index (χ4v) is 3.83. The van der Waals surface area contributed by atoms with Crippen LogP contribution in [0.3, 0.4) is 0 Å². The monoisotopic (exact) mass is 430 g/mol. The number of benzene rings is 1. The van der Waals surface area contributed by atoms with Crippen LogP contribution in [-0.4, -0.2) is 51.9 Å². The number of carbonyl (C=O) groups is 1. The first-order valence-corrected chi connectivity index (χ1v) is 10.2. The summed E-state index contributed by atoms with van der Waals surface area (Å²) in [5.41, 5.74) is 2.85. The number of nitrogens with one attached hydrogen (secondary N) is 2. The van der Waals surface area contributed by atoms with E-state index in [0.29, 0.717) is 32.0 Å². The van der Waals surface area contributed by atoms with Crippen LogP contribution in [0.2, 0.25) is 5.02 Å². The van der Waals surface area contributed by atoms with E-state index in [-0.39, 0.29) is 17.0 Å². The zero-order valence-corrected chi connectivity index (χ0v) is 17.5. The Morgan fingerprint density at radius 1 is 1.43 bits per heavy atom. The normalized spacial score (nSPS) is 18.4. The Morgan fingerprint density at radius 3 is 3.00 bits per heavy atom. The van der Waals surface area contributed by atoms with Crippen LogP contribution >= 0.6 is 11.6 Å². The van der Waals surface area contributed by atoms with Crippen molar-refractivity contribution in [3.8, 4) is 0 Å². The highest BCUT2D eigenvalue weighted by atomic mass is 35.5. The molecule has 2 aliphatic rings. The van der Waals surface area contributed by atoms with Gasteiger partial charge in [0.15, 0.2) is 0 Å².